The van der Waals surface area contributed by atoms with Crippen molar-refractivity contribution in [1.82, 2.24) is 0 Å². The lowest BCUT2D eigenvalue weighted by atomic mass is 10.4. The molecule has 0 spiro atoms. The highest BCUT2D eigenvalue weighted by molar-refractivity contribution is 7.99. The van der Waals surface area contributed by atoms with E-state index >= 15 is 0 Å². The van der Waals surface area contributed by atoms with Crippen molar-refractivity contribution in [3.8, 4) is 0 Å². The summed E-state index contributed by atoms with van der Waals surface area (Å²) in [5.74, 6) is -2.77. The van der Waals surface area contributed by atoms with Crippen molar-refractivity contribution in [2.24, 2.45) is 0 Å². The fourth-order valence-electron chi connectivity index (χ4n) is 1.10. The number of alkyl halides is 3. The average molecular weight is 262 g/mol. The lowest BCUT2D eigenvalue weighted by Crippen LogP contribution is -2.04. The zero-order valence-electron chi connectivity index (χ0n) is 8.15. The Morgan fingerprint density at radius 1 is 1.06 bits per heavy atom. The van der Waals surface area contributed by atoms with Gasteiger partial charge in [-0.3, -0.25) is 0 Å². The van der Waals surface area contributed by atoms with Crippen LogP contribution in [0.4, 0.5) is 13.2 Å². The molecule has 0 saturated heterocycles. The van der Waals surface area contributed by atoms with E-state index in [4.69, 9.17) is 0 Å². The van der Waals surface area contributed by atoms with Crippen LogP contribution in [0.15, 0.2) is 53.9 Å². The highest BCUT2D eigenvalue weighted by atomic mass is 32.2. The Kier molecular flexibility index (Phi) is 3.01. The predicted octanol–water partition coefficient (Wildman–Crippen LogP) is 3.40. The molecule has 0 bridgehead atoms. The fourth-order valence-corrected chi connectivity index (χ4v) is 1.97. The number of benzene rings is 1. The molecule has 1 aromatic carbocycles. The summed E-state index contributed by atoms with van der Waals surface area (Å²) in [6, 6.07) is 8.23. The third-order valence-electron chi connectivity index (χ3n) is 1.76. The molecule has 90 valence electrons. The number of halogens is 3. The summed E-state index contributed by atoms with van der Waals surface area (Å²) in [6.07, 6.45) is -4.75. The summed E-state index contributed by atoms with van der Waals surface area (Å²) in [6.45, 7) is 0. The zero-order chi connectivity index (χ0) is 12.5. The molecule has 3 nitrogen and oxygen atoms in total. The first-order valence-corrected chi connectivity index (χ1v) is 5.22. The molecule has 0 aliphatic heterocycles. The first-order chi connectivity index (χ1) is 7.97. The topological polar surface area (TPSA) is 43.4 Å². The van der Waals surface area contributed by atoms with Crippen LogP contribution >= 0.6 is 11.8 Å². The molecule has 0 unspecified atom stereocenters. The predicted molar refractivity (Wildman–Crippen MR) is 52.8 cm³/mol. The first-order valence-electron chi connectivity index (χ1n) is 4.41. The molecule has 7 heteroatoms. The molecule has 0 fully saturated rings. The Bertz CT molecular complexity index is 556. The smallest absolute Gasteiger partial charge is 0.385 e. The Balaban J connectivity index is 2.37. The molecular formula is C10H5F3O3S. The molecule has 0 atom stereocenters. The van der Waals surface area contributed by atoms with Crippen LogP contribution in [0.3, 0.4) is 0 Å². The van der Waals surface area contributed by atoms with Gasteiger partial charge in [-0.2, -0.15) is 13.2 Å². The maximum Gasteiger partial charge on any atom is 0.520 e. The second-order valence-corrected chi connectivity index (χ2v) is 4.03. The van der Waals surface area contributed by atoms with E-state index in [1.807, 2.05) is 0 Å². The molecule has 1 heterocycles. The van der Waals surface area contributed by atoms with Gasteiger partial charge < -0.3 is 8.83 Å². The van der Waals surface area contributed by atoms with Crippen molar-refractivity contribution in [2.75, 3.05) is 0 Å². The summed E-state index contributed by atoms with van der Waals surface area (Å²) in [5, 5.41) is -0.589. The minimum Gasteiger partial charge on any atom is -0.385 e. The normalized spacial score (nSPS) is 11.7. The maximum absolute atomic E-state index is 12.5. The summed E-state index contributed by atoms with van der Waals surface area (Å²) < 4.78 is 45.7. The third-order valence-corrected chi connectivity index (χ3v) is 2.72. The summed E-state index contributed by atoms with van der Waals surface area (Å²) in [7, 11) is 0. The standard InChI is InChI=1S/C10H5F3O3S/c11-10(12,13)7-8(16-9(14)15-7)17-6-4-2-1-3-5-6/h1-5H. The third kappa shape index (κ3) is 2.73. The van der Waals surface area contributed by atoms with Crippen molar-refractivity contribution >= 4 is 11.8 Å². The monoisotopic (exact) mass is 262 g/mol. The van der Waals surface area contributed by atoms with Gasteiger partial charge in [0.2, 0.25) is 5.09 Å². The largest absolute Gasteiger partial charge is 0.520 e. The molecule has 17 heavy (non-hydrogen) atoms. The van der Waals surface area contributed by atoms with E-state index in [0.29, 0.717) is 16.7 Å². The molecule has 0 radical (unpaired) electrons. The minimum atomic E-state index is -4.75. The molecule has 0 aliphatic rings. The number of rotatable bonds is 2. The van der Waals surface area contributed by atoms with Crippen molar-refractivity contribution in [2.45, 2.75) is 16.2 Å². The van der Waals surface area contributed by atoms with E-state index in [-0.39, 0.29) is 0 Å². The van der Waals surface area contributed by atoms with Crippen molar-refractivity contribution < 1.29 is 22.0 Å². The summed E-state index contributed by atoms with van der Waals surface area (Å²) in [4.78, 5) is 11.2. The number of hydrogen-bond acceptors (Lipinski definition) is 4. The summed E-state index contributed by atoms with van der Waals surface area (Å²) in [5.41, 5.74) is 0. The van der Waals surface area contributed by atoms with Gasteiger partial charge in [-0.25, -0.2) is 4.79 Å². The van der Waals surface area contributed by atoms with Gasteiger partial charge in [0, 0.05) is 4.90 Å². The minimum absolute atomic E-state index is 0.516. The van der Waals surface area contributed by atoms with Crippen LogP contribution in [0.1, 0.15) is 5.76 Å². The SMILES string of the molecule is O=c1oc(Sc2ccccc2)c(C(F)(F)F)o1. The molecule has 0 saturated carbocycles. The summed E-state index contributed by atoms with van der Waals surface area (Å²) >= 11 is 0.682. The van der Waals surface area contributed by atoms with Crippen LogP contribution in [0.5, 0.6) is 0 Å². The van der Waals surface area contributed by atoms with E-state index in [2.05, 4.69) is 8.83 Å². The van der Waals surface area contributed by atoms with Gasteiger partial charge in [0.25, 0.3) is 5.76 Å². The van der Waals surface area contributed by atoms with E-state index < -0.39 is 22.9 Å². The lowest BCUT2D eigenvalue weighted by molar-refractivity contribution is -0.156. The van der Waals surface area contributed by atoms with Gasteiger partial charge >= 0.3 is 12.0 Å². The molecule has 0 aliphatic carbocycles. The average Bonchev–Trinajstić information content (AvgIpc) is 2.60. The van der Waals surface area contributed by atoms with Crippen molar-refractivity contribution in [1.29, 1.82) is 0 Å². The fraction of sp³-hybridized carbons (Fsp3) is 0.100. The zero-order valence-corrected chi connectivity index (χ0v) is 8.97. The molecule has 0 N–H and O–H groups in total. The molecule has 2 rings (SSSR count). The van der Waals surface area contributed by atoms with E-state index in [1.165, 1.54) is 0 Å². The van der Waals surface area contributed by atoms with Crippen LogP contribution < -0.4 is 5.82 Å². The van der Waals surface area contributed by atoms with Crippen LogP contribution in [0.25, 0.3) is 0 Å². The highest BCUT2D eigenvalue weighted by Crippen LogP contribution is 2.38. The van der Waals surface area contributed by atoms with Gasteiger partial charge in [-0.05, 0) is 23.9 Å². The van der Waals surface area contributed by atoms with Crippen LogP contribution in [0, 0.1) is 0 Å². The Hall–Kier alpha value is -1.63. The second-order valence-electron chi connectivity index (χ2n) is 2.98. The van der Waals surface area contributed by atoms with Crippen LogP contribution in [-0.4, -0.2) is 0 Å². The number of hydrogen-bond donors (Lipinski definition) is 0. The van der Waals surface area contributed by atoms with Gasteiger partial charge in [-0.15, -0.1) is 0 Å². The van der Waals surface area contributed by atoms with Crippen molar-refractivity contribution in [3.05, 3.63) is 46.7 Å². The quantitative estimate of drug-likeness (QED) is 0.831. The highest BCUT2D eigenvalue weighted by Gasteiger charge is 2.40. The Labute approximate surface area is 97.2 Å². The van der Waals surface area contributed by atoms with Crippen molar-refractivity contribution in [3.63, 3.8) is 0 Å². The Morgan fingerprint density at radius 3 is 2.29 bits per heavy atom. The molecule has 1 aromatic heterocycles. The first kappa shape index (κ1) is 11.8. The van der Waals surface area contributed by atoms with Crippen LogP contribution in [-0.2, 0) is 6.18 Å². The van der Waals surface area contributed by atoms with E-state index in [1.54, 1.807) is 30.3 Å². The van der Waals surface area contributed by atoms with E-state index in [0.717, 1.165) is 0 Å². The van der Waals surface area contributed by atoms with Gasteiger partial charge in [0.1, 0.15) is 0 Å². The van der Waals surface area contributed by atoms with Gasteiger partial charge in [0.05, 0.1) is 0 Å². The van der Waals surface area contributed by atoms with Gasteiger partial charge in [0.15, 0.2) is 0 Å². The van der Waals surface area contributed by atoms with Gasteiger partial charge in [-0.1, -0.05) is 18.2 Å². The maximum atomic E-state index is 12.5. The molecular weight excluding hydrogens is 257 g/mol. The van der Waals surface area contributed by atoms with Crippen LogP contribution in [0.2, 0.25) is 0 Å². The lowest BCUT2D eigenvalue weighted by Gasteiger charge is -2.02. The molecule has 2 aromatic rings. The van der Waals surface area contributed by atoms with E-state index in [9.17, 15) is 18.0 Å². The molecule has 0 amide bonds. The second kappa shape index (κ2) is 4.33. The Morgan fingerprint density at radius 2 is 1.71 bits per heavy atom.